The highest BCUT2D eigenvalue weighted by atomic mass is 19.1. The molecule has 1 aromatic rings. The van der Waals surface area contributed by atoms with Crippen LogP contribution in [0.4, 0.5) is 4.39 Å². The smallest absolute Gasteiger partial charge is 0.308 e. The number of hydrogen-bond acceptors (Lipinski definition) is 3. The highest BCUT2D eigenvalue weighted by molar-refractivity contribution is 5.80. The molecule has 1 aromatic carbocycles. The largest absolute Gasteiger partial charge is 0.481 e. The monoisotopic (exact) mass is 276 g/mol. The van der Waals surface area contributed by atoms with Crippen molar-refractivity contribution in [3.8, 4) is 6.07 Å². The number of carbonyl (C=O) groups excluding carboxylic acids is 1. The molecule has 6 heteroatoms. The second-order valence-electron chi connectivity index (χ2n) is 4.76. The minimum atomic E-state index is -0.929. The van der Waals surface area contributed by atoms with Crippen LogP contribution in [-0.2, 0) is 16.1 Å². The van der Waals surface area contributed by atoms with Gasteiger partial charge in [0.15, 0.2) is 0 Å². The number of nitriles is 1. The number of carboxylic acid groups (broad SMARTS) is 1. The number of piperidine rings is 1. The molecule has 1 fully saturated rings. The summed E-state index contributed by atoms with van der Waals surface area (Å²) in [7, 11) is 0. The van der Waals surface area contributed by atoms with Gasteiger partial charge in [-0.2, -0.15) is 5.26 Å². The van der Waals surface area contributed by atoms with Gasteiger partial charge in [0.05, 0.1) is 17.6 Å². The molecule has 0 saturated carbocycles. The number of aliphatic carboxylic acids is 1. The van der Waals surface area contributed by atoms with Gasteiger partial charge < -0.3 is 10.0 Å². The maximum absolute atomic E-state index is 13.0. The topological polar surface area (TPSA) is 81.4 Å². The van der Waals surface area contributed by atoms with E-state index >= 15 is 0 Å². The van der Waals surface area contributed by atoms with E-state index in [1.807, 2.05) is 6.07 Å². The summed E-state index contributed by atoms with van der Waals surface area (Å²) in [4.78, 5) is 24.2. The van der Waals surface area contributed by atoms with E-state index in [9.17, 15) is 14.0 Å². The number of carboxylic acids is 1. The molecule has 0 aliphatic carbocycles. The van der Waals surface area contributed by atoms with Crippen LogP contribution in [0.15, 0.2) is 18.2 Å². The Bertz CT molecular complexity index is 595. The van der Waals surface area contributed by atoms with E-state index in [2.05, 4.69) is 0 Å². The van der Waals surface area contributed by atoms with Gasteiger partial charge in [-0.25, -0.2) is 4.39 Å². The van der Waals surface area contributed by atoms with Crippen LogP contribution in [0.3, 0.4) is 0 Å². The van der Waals surface area contributed by atoms with Crippen LogP contribution in [0.25, 0.3) is 0 Å². The molecule has 0 radical (unpaired) electrons. The Labute approximate surface area is 115 Å². The summed E-state index contributed by atoms with van der Waals surface area (Å²) in [5.74, 6) is -2.17. The Morgan fingerprint density at radius 3 is 2.95 bits per heavy atom. The van der Waals surface area contributed by atoms with E-state index in [4.69, 9.17) is 10.4 Å². The number of hydrogen-bond donors (Lipinski definition) is 1. The minimum absolute atomic E-state index is 0.121. The molecule has 1 aliphatic heterocycles. The van der Waals surface area contributed by atoms with Crippen LogP contribution in [0.5, 0.6) is 0 Å². The maximum Gasteiger partial charge on any atom is 0.308 e. The molecule has 0 spiro atoms. The molecule has 1 heterocycles. The van der Waals surface area contributed by atoms with Crippen LogP contribution in [0, 0.1) is 23.1 Å². The van der Waals surface area contributed by atoms with Crippen molar-refractivity contribution in [3.05, 3.63) is 35.1 Å². The van der Waals surface area contributed by atoms with Gasteiger partial charge in [-0.3, -0.25) is 9.59 Å². The molecule has 1 saturated heterocycles. The summed E-state index contributed by atoms with van der Waals surface area (Å²) in [6, 6.07) is 5.66. The van der Waals surface area contributed by atoms with Crippen molar-refractivity contribution in [2.45, 2.75) is 19.4 Å². The van der Waals surface area contributed by atoms with Gasteiger partial charge in [0.25, 0.3) is 0 Å². The number of halogens is 1. The van der Waals surface area contributed by atoms with Gasteiger partial charge in [0.1, 0.15) is 5.82 Å². The highest BCUT2D eigenvalue weighted by Gasteiger charge is 2.30. The maximum atomic E-state index is 13.0. The number of nitrogens with zero attached hydrogens (tertiary/aromatic N) is 2. The Balaban J connectivity index is 2.18. The number of carbonyl (C=O) groups is 2. The lowest BCUT2D eigenvalue weighted by Crippen LogP contribution is -2.42. The lowest BCUT2D eigenvalue weighted by molar-refractivity contribution is -0.147. The molecular weight excluding hydrogens is 263 g/mol. The van der Waals surface area contributed by atoms with Crippen LogP contribution < -0.4 is 0 Å². The predicted octanol–water partition coefficient (Wildman–Crippen LogP) is 1.52. The van der Waals surface area contributed by atoms with E-state index in [0.717, 1.165) is 6.07 Å². The van der Waals surface area contributed by atoms with Gasteiger partial charge in [-0.05, 0) is 24.1 Å². The molecule has 0 aromatic heterocycles. The van der Waals surface area contributed by atoms with Crippen molar-refractivity contribution in [3.63, 3.8) is 0 Å². The fourth-order valence-electron chi connectivity index (χ4n) is 2.27. The van der Waals surface area contributed by atoms with Gasteiger partial charge in [0.2, 0.25) is 5.91 Å². The normalized spacial score (nSPS) is 18.7. The van der Waals surface area contributed by atoms with Crippen molar-refractivity contribution < 1.29 is 19.1 Å². The molecule has 2 rings (SSSR count). The second-order valence-corrected chi connectivity index (χ2v) is 4.76. The van der Waals surface area contributed by atoms with Gasteiger partial charge >= 0.3 is 5.97 Å². The molecular formula is C14H13FN2O3. The SMILES string of the molecule is N#Cc1cc(F)ccc1CN1CC(C(=O)O)CCC1=O. The summed E-state index contributed by atoms with van der Waals surface area (Å²) in [5.41, 5.74) is 0.684. The lowest BCUT2D eigenvalue weighted by atomic mass is 9.96. The second kappa shape index (κ2) is 5.70. The van der Waals surface area contributed by atoms with Crippen LogP contribution in [0.2, 0.25) is 0 Å². The molecule has 0 bridgehead atoms. The van der Waals surface area contributed by atoms with Crippen molar-refractivity contribution in [2.75, 3.05) is 6.54 Å². The van der Waals surface area contributed by atoms with E-state index in [1.54, 1.807) is 0 Å². The van der Waals surface area contributed by atoms with E-state index in [1.165, 1.54) is 17.0 Å². The highest BCUT2D eigenvalue weighted by Crippen LogP contribution is 2.21. The standard InChI is InChI=1S/C14H13FN2O3/c15-12-3-1-9(11(5-12)6-16)7-17-8-10(14(19)20)2-4-13(17)18/h1,3,5,10H,2,4,7-8H2,(H,19,20). The first-order valence-corrected chi connectivity index (χ1v) is 6.20. The number of amides is 1. The van der Waals surface area contributed by atoms with Crippen LogP contribution >= 0.6 is 0 Å². The minimum Gasteiger partial charge on any atom is -0.481 e. The van der Waals surface area contributed by atoms with Crippen molar-refractivity contribution >= 4 is 11.9 Å². The quantitative estimate of drug-likeness (QED) is 0.907. The first kappa shape index (κ1) is 14.0. The zero-order valence-corrected chi connectivity index (χ0v) is 10.7. The number of rotatable bonds is 3. The Morgan fingerprint density at radius 2 is 2.30 bits per heavy atom. The van der Waals surface area contributed by atoms with Crippen molar-refractivity contribution in [1.29, 1.82) is 5.26 Å². The average molecular weight is 276 g/mol. The van der Waals surface area contributed by atoms with E-state index < -0.39 is 17.7 Å². The molecule has 5 nitrogen and oxygen atoms in total. The Kier molecular flexibility index (Phi) is 3.99. The van der Waals surface area contributed by atoms with Crippen molar-refractivity contribution in [2.24, 2.45) is 5.92 Å². The van der Waals surface area contributed by atoms with E-state index in [-0.39, 0.29) is 31.0 Å². The van der Waals surface area contributed by atoms with E-state index in [0.29, 0.717) is 12.0 Å². The summed E-state index contributed by atoms with van der Waals surface area (Å²) < 4.78 is 13.0. The lowest BCUT2D eigenvalue weighted by Gasteiger charge is -2.30. The van der Waals surface area contributed by atoms with Crippen LogP contribution in [0.1, 0.15) is 24.0 Å². The first-order valence-electron chi connectivity index (χ1n) is 6.20. The molecule has 1 aliphatic rings. The third-order valence-electron chi connectivity index (χ3n) is 3.40. The van der Waals surface area contributed by atoms with Crippen LogP contribution in [-0.4, -0.2) is 28.4 Å². The molecule has 1 unspecified atom stereocenters. The average Bonchev–Trinajstić information content (AvgIpc) is 2.42. The summed E-state index contributed by atoms with van der Waals surface area (Å²) in [6.07, 6.45) is 0.513. The van der Waals surface area contributed by atoms with Gasteiger partial charge in [-0.1, -0.05) is 6.07 Å². The first-order chi connectivity index (χ1) is 9.51. The van der Waals surface area contributed by atoms with Gasteiger partial charge in [0, 0.05) is 19.5 Å². The number of likely N-dealkylation sites (tertiary alicyclic amines) is 1. The molecule has 1 amide bonds. The molecule has 20 heavy (non-hydrogen) atoms. The third kappa shape index (κ3) is 2.94. The summed E-state index contributed by atoms with van der Waals surface area (Å²) in [5, 5.41) is 18.0. The zero-order chi connectivity index (χ0) is 14.7. The fraction of sp³-hybridized carbons (Fsp3) is 0.357. The molecule has 1 N–H and O–H groups in total. The summed E-state index contributed by atoms with van der Waals surface area (Å²) >= 11 is 0. The predicted molar refractivity (Wildman–Crippen MR) is 66.9 cm³/mol. The number of benzene rings is 1. The fourth-order valence-corrected chi connectivity index (χ4v) is 2.27. The van der Waals surface area contributed by atoms with Crippen molar-refractivity contribution in [1.82, 2.24) is 4.90 Å². The van der Waals surface area contributed by atoms with Gasteiger partial charge in [-0.15, -0.1) is 0 Å². The third-order valence-corrected chi connectivity index (χ3v) is 3.40. The Morgan fingerprint density at radius 1 is 1.55 bits per heavy atom. The summed E-state index contributed by atoms with van der Waals surface area (Å²) in [6.45, 7) is 0.252. The zero-order valence-electron chi connectivity index (χ0n) is 10.7. The molecule has 104 valence electrons. The Hall–Kier alpha value is -2.42. The molecule has 1 atom stereocenters.